The standard InChI is InChI=1S/C4H6ClNO3/c1-2(5)3(7)6-4(8)9/h2H,1H3,(H,6,7)(H,8,9)/p-1. The van der Waals surface area contributed by atoms with E-state index < -0.39 is 17.4 Å². The summed E-state index contributed by atoms with van der Waals surface area (Å²) in [6.07, 6.45) is -1.63. The molecule has 0 aliphatic carbocycles. The molecule has 1 N–H and O–H groups in total. The molecule has 5 heteroatoms. The first-order valence-corrected chi connectivity index (χ1v) is 2.63. The highest BCUT2D eigenvalue weighted by Gasteiger charge is 2.06. The Kier molecular flexibility index (Phi) is 3.01. The molecule has 1 atom stereocenters. The molecule has 2 amide bonds. The minimum Gasteiger partial charge on any atom is -0.530 e. The number of hydrogen-bond donors (Lipinski definition) is 1. The fraction of sp³-hybridized carbons (Fsp3) is 0.500. The first kappa shape index (κ1) is 8.23. The van der Waals surface area contributed by atoms with Crippen LogP contribution in [0, 0.1) is 0 Å². The highest BCUT2D eigenvalue weighted by molar-refractivity contribution is 6.31. The van der Waals surface area contributed by atoms with E-state index in [0.29, 0.717) is 0 Å². The molecule has 0 aromatic heterocycles. The van der Waals surface area contributed by atoms with E-state index in [2.05, 4.69) is 0 Å². The van der Waals surface area contributed by atoms with Gasteiger partial charge in [0.2, 0.25) is 5.91 Å². The Labute approximate surface area is 56.8 Å². The molecule has 0 aromatic carbocycles. The third-order valence-corrected chi connectivity index (χ3v) is 0.785. The van der Waals surface area contributed by atoms with Crippen molar-refractivity contribution in [1.82, 2.24) is 5.32 Å². The molecule has 0 heterocycles. The molecule has 0 aliphatic rings. The fourth-order valence-corrected chi connectivity index (χ4v) is 0.255. The molecule has 0 fully saturated rings. The van der Waals surface area contributed by atoms with Crippen molar-refractivity contribution in [3.8, 4) is 0 Å². The van der Waals surface area contributed by atoms with Crippen LogP contribution in [-0.2, 0) is 4.79 Å². The molecule has 9 heavy (non-hydrogen) atoms. The van der Waals surface area contributed by atoms with Gasteiger partial charge in [0.25, 0.3) is 0 Å². The van der Waals surface area contributed by atoms with Gasteiger partial charge in [0.15, 0.2) is 0 Å². The van der Waals surface area contributed by atoms with Crippen LogP contribution in [0.15, 0.2) is 0 Å². The first-order valence-electron chi connectivity index (χ1n) is 2.20. The predicted molar refractivity (Wildman–Crippen MR) is 28.9 cm³/mol. The number of nitrogens with one attached hydrogen (secondary N) is 1. The molecule has 0 aromatic rings. The molecule has 0 spiro atoms. The highest BCUT2D eigenvalue weighted by Crippen LogP contribution is 1.90. The van der Waals surface area contributed by atoms with Crippen molar-refractivity contribution >= 4 is 23.6 Å². The minimum atomic E-state index is -1.63. The van der Waals surface area contributed by atoms with Crippen molar-refractivity contribution < 1.29 is 14.7 Å². The lowest BCUT2D eigenvalue weighted by atomic mass is 10.4. The number of hydrogen-bond acceptors (Lipinski definition) is 3. The van der Waals surface area contributed by atoms with Crippen LogP contribution in [0.5, 0.6) is 0 Å². The number of rotatable bonds is 1. The summed E-state index contributed by atoms with van der Waals surface area (Å²) in [6.45, 7) is 1.36. The van der Waals surface area contributed by atoms with Gasteiger partial charge >= 0.3 is 0 Å². The number of carbonyl (C=O) groups is 2. The van der Waals surface area contributed by atoms with E-state index in [-0.39, 0.29) is 0 Å². The molecule has 52 valence electrons. The van der Waals surface area contributed by atoms with Gasteiger partial charge in [-0.25, -0.2) is 0 Å². The van der Waals surface area contributed by atoms with Crippen molar-refractivity contribution in [3.63, 3.8) is 0 Å². The van der Waals surface area contributed by atoms with E-state index in [0.717, 1.165) is 0 Å². The third kappa shape index (κ3) is 3.78. The second kappa shape index (κ2) is 3.29. The molecule has 0 bridgehead atoms. The molecule has 0 saturated carbocycles. The zero-order valence-electron chi connectivity index (χ0n) is 4.68. The van der Waals surface area contributed by atoms with Gasteiger partial charge in [0.05, 0.1) is 0 Å². The first-order chi connectivity index (χ1) is 4.04. The maximum Gasteiger partial charge on any atom is 0.243 e. The Morgan fingerprint density at radius 3 is 2.22 bits per heavy atom. The Morgan fingerprint density at radius 1 is 1.67 bits per heavy atom. The van der Waals surface area contributed by atoms with Crippen molar-refractivity contribution in [2.75, 3.05) is 0 Å². The molecule has 0 rings (SSSR count). The van der Waals surface area contributed by atoms with Crippen LogP contribution in [0.4, 0.5) is 4.79 Å². The Bertz CT molecular complexity index is 134. The van der Waals surface area contributed by atoms with Crippen LogP contribution in [0.2, 0.25) is 0 Å². The summed E-state index contributed by atoms with van der Waals surface area (Å²) in [4.78, 5) is 19.9. The topological polar surface area (TPSA) is 69.2 Å². The summed E-state index contributed by atoms with van der Waals surface area (Å²) in [5, 5.41) is 10.2. The minimum absolute atomic E-state index is 0.767. The van der Waals surface area contributed by atoms with E-state index in [1.807, 2.05) is 0 Å². The van der Waals surface area contributed by atoms with Crippen LogP contribution < -0.4 is 10.4 Å². The normalized spacial score (nSPS) is 12.2. The SMILES string of the molecule is CC(Cl)C(=O)NC(=O)[O-]. The molecular formula is C4H5ClNO3-. The lowest BCUT2D eigenvalue weighted by Crippen LogP contribution is -2.43. The van der Waals surface area contributed by atoms with Gasteiger partial charge in [0, 0.05) is 0 Å². The monoisotopic (exact) mass is 150 g/mol. The summed E-state index contributed by atoms with van der Waals surface area (Å²) < 4.78 is 0. The lowest BCUT2D eigenvalue weighted by Gasteiger charge is -2.04. The van der Waals surface area contributed by atoms with E-state index in [1.165, 1.54) is 12.2 Å². The zero-order valence-corrected chi connectivity index (χ0v) is 5.44. The van der Waals surface area contributed by atoms with Gasteiger partial charge in [0.1, 0.15) is 11.5 Å². The van der Waals surface area contributed by atoms with Crippen LogP contribution >= 0.6 is 11.6 Å². The number of carboxylic acid groups (broad SMARTS) is 1. The highest BCUT2D eigenvalue weighted by atomic mass is 35.5. The van der Waals surface area contributed by atoms with Gasteiger partial charge in [-0.15, -0.1) is 11.6 Å². The van der Waals surface area contributed by atoms with Gasteiger partial charge in [-0.3, -0.25) is 4.79 Å². The number of alkyl halides is 1. The maximum absolute atomic E-state index is 10.3. The molecule has 4 nitrogen and oxygen atoms in total. The Hall–Kier alpha value is -0.770. The lowest BCUT2D eigenvalue weighted by molar-refractivity contribution is -0.250. The fourth-order valence-electron chi connectivity index (χ4n) is 0.200. The van der Waals surface area contributed by atoms with Gasteiger partial charge in [-0.05, 0) is 6.92 Å². The average molecular weight is 151 g/mol. The van der Waals surface area contributed by atoms with Crippen LogP contribution in [0.1, 0.15) is 6.92 Å². The third-order valence-electron chi connectivity index (χ3n) is 0.587. The maximum atomic E-state index is 10.3. The predicted octanol–water partition coefficient (Wildman–Crippen LogP) is -0.927. The largest absolute Gasteiger partial charge is 0.530 e. The van der Waals surface area contributed by atoms with Crippen LogP contribution in [0.25, 0.3) is 0 Å². The summed E-state index contributed by atoms with van der Waals surface area (Å²) >= 11 is 5.17. The summed E-state index contributed by atoms with van der Waals surface area (Å²) in [7, 11) is 0. The number of carbonyl (C=O) groups excluding carboxylic acids is 2. The molecule has 1 unspecified atom stereocenters. The molecule has 0 saturated heterocycles. The number of halogens is 1. The molecule has 0 aliphatic heterocycles. The zero-order chi connectivity index (χ0) is 7.44. The number of imide groups is 1. The Morgan fingerprint density at radius 2 is 2.11 bits per heavy atom. The van der Waals surface area contributed by atoms with Crippen molar-refractivity contribution in [2.45, 2.75) is 12.3 Å². The average Bonchev–Trinajstić information content (AvgIpc) is 1.63. The second-order valence-corrected chi connectivity index (χ2v) is 2.05. The second-order valence-electron chi connectivity index (χ2n) is 1.39. The summed E-state index contributed by atoms with van der Waals surface area (Å²) in [5.41, 5.74) is 0. The van der Waals surface area contributed by atoms with Crippen LogP contribution in [-0.4, -0.2) is 17.4 Å². The quantitative estimate of drug-likeness (QED) is 0.491. The van der Waals surface area contributed by atoms with E-state index >= 15 is 0 Å². The summed E-state index contributed by atoms with van der Waals surface area (Å²) in [5.74, 6) is -0.767. The van der Waals surface area contributed by atoms with E-state index in [1.54, 1.807) is 0 Å². The van der Waals surface area contributed by atoms with Gasteiger partial charge < -0.3 is 15.2 Å². The van der Waals surface area contributed by atoms with E-state index in [4.69, 9.17) is 11.6 Å². The van der Waals surface area contributed by atoms with Crippen molar-refractivity contribution in [1.29, 1.82) is 0 Å². The number of amides is 2. The van der Waals surface area contributed by atoms with Crippen LogP contribution in [0.3, 0.4) is 0 Å². The van der Waals surface area contributed by atoms with Crippen molar-refractivity contribution in [3.05, 3.63) is 0 Å². The summed E-state index contributed by atoms with van der Waals surface area (Å²) in [6, 6.07) is 0. The van der Waals surface area contributed by atoms with E-state index in [9.17, 15) is 14.7 Å². The van der Waals surface area contributed by atoms with Gasteiger partial charge in [-0.2, -0.15) is 0 Å². The van der Waals surface area contributed by atoms with Gasteiger partial charge in [-0.1, -0.05) is 0 Å². The smallest absolute Gasteiger partial charge is 0.243 e. The molecule has 0 radical (unpaired) electrons. The molecular weight excluding hydrogens is 146 g/mol. The van der Waals surface area contributed by atoms with Crippen molar-refractivity contribution in [2.24, 2.45) is 0 Å². The Balaban J connectivity index is 3.64.